The number of carbonyl (C=O) groups excluding carboxylic acids is 1. The van der Waals surface area contributed by atoms with Crippen LogP contribution in [0, 0.1) is 0 Å². The highest BCUT2D eigenvalue weighted by Crippen LogP contribution is 2.19. The highest BCUT2D eigenvalue weighted by Gasteiger charge is 2.29. The largest absolute Gasteiger partial charge is 0.460 e. The maximum atomic E-state index is 10.9. The van der Waals surface area contributed by atoms with Gasteiger partial charge in [-0.2, -0.15) is 0 Å². The van der Waals surface area contributed by atoms with Crippen LogP contribution in [0.2, 0.25) is 0 Å². The number of ether oxygens (including phenoxy) is 1. The predicted octanol–water partition coefficient (Wildman–Crippen LogP) is 1.30. The van der Waals surface area contributed by atoms with E-state index in [-0.39, 0.29) is 12.1 Å². The van der Waals surface area contributed by atoms with Gasteiger partial charge in [-0.15, -0.1) is 0 Å². The Kier molecular flexibility index (Phi) is 3.02. The molecular weight excluding hydrogens is 192 g/mol. The Balaban J connectivity index is 1.92. The number of aliphatic hydroxyl groups excluding tert-OH is 1. The van der Waals surface area contributed by atoms with Crippen LogP contribution in [0.25, 0.3) is 0 Å². The second-order valence-corrected chi connectivity index (χ2v) is 3.82. The summed E-state index contributed by atoms with van der Waals surface area (Å²) < 4.78 is 5.01. The van der Waals surface area contributed by atoms with Gasteiger partial charge in [-0.1, -0.05) is 30.3 Å². The summed E-state index contributed by atoms with van der Waals surface area (Å²) in [4.78, 5) is 10.9. The maximum Gasteiger partial charge on any atom is 0.306 e. The van der Waals surface area contributed by atoms with Crippen molar-refractivity contribution in [3.05, 3.63) is 35.9 Å². The van der Waals surface area contributed by atoms with Crippen molar-refractivity contribution in [2.45, 2.75) is 31.5 Å². The second kappa shape index (κ2) is 4.45. The molecule has 0 unspecified atom stereocenters. The standard InChI is InChI=1S/C12H14O3/c13-10(11-6-7-12(14)15-11)8-9-4-2-1-3-5-9/h1-5,10-11,13H,6-8H2/t10-,11-/m1/s1. The summed E-state index contributed by atoms with van der Waals surface area (Å²) in [6.45, 7) is 0. The van der Waals surface area contributed by atoms with E-state index in [9.17, 15) is 9.90 Å². The molecule has 3 nitrogen and oxygen atoms in total. The molecule has 1 aliphatic heterocycles. The SMILES string of the molecule is O=C1CC[C@H]([C@H](O)Cc2ccccc2)O1. The molecule has 1 fully saturated rings. The molecule has 0 saturated carbocycles. The average molecular weight is 206 g/mol. The molecule has 0 bridgehead atoms. The first-order valence-electron chi connectivity index (χ1n) is 5.17. The molecule has 2 rings (SSSR count). The average Bonchev–Trinajstić information content (AvgIpc) is 2.66. The molecule has 3 heteroatoms. The van der Waals surface area contributed by atoms with E-state index in [0.717, 1.165) is 5.56 Å². The highest BCUT2D eigenvalue weighted by atomic mass is 16.6. The third-order valence-electron chi connectivity index (χ3n) is 2.63. The van der Waals surface area contributed by atoms with Crippen molar-refractivity contribution in [2.24, 2.45) is 0 Å². The van der Waals surface area contributed by atoms with Gasteiger partial charge in [0.2, 0.25) is 0 Å². The van der Waals surface area contributed by atoms with Crippen molar-refractivity contribution < 1.29 is 14.6 Å². The number of rotatable bonds is 3. The quantitative estimate of drug-likeness (QED) is 0.758. The van der Waals surface area contributed by atoms with Crippen molar-refractivity contribution >= 4 is 5.97 Å². The highest BCUT2D eigenvalue weighted by molar-refractivity contribution is 5.71. The van der Waals surface area contributed by atoms with Crippen LogP contribution in [-0.4, -0.2) is 23.3 Å². The molecule has 1 aromatic carbocycles. The minimum absolute atomic E-state index is 0.202. The van der Waals surface area contributed by atoms with E-state index in [2.05, 4.69) is 0 Å². The molecule has 0 radical (unpaired) electrons. The van der Waals surface area contributed by atoms with Crippen LogP contribution in [0.4, 0.5) is 0 Å². The summed E-state index contributed by atoms with van der Waals surface area (Å²) in [5.41, 5.74) is 1.06. The normalized spacial score (nSPS) is 22.5. The topological polar surface area (TPSA) is 46.5 Å². The van der Waals surface area contributed by atoms with Crippen molar-refractivity contribution in [1.29, 1.82) is 0 Å². The maximum absolute atomic E-state index is 10.9. The van der Waals surface area contributed by atoms with Gasteiger partial charge in [0.1, 0.15) is 6.10 Å². The molecule has 0 aromatic heterocycles. The van der Waals surface area contributed by atoms with E-state index >= 15 is 0 Å². The molecule has 80 valence electrons. The van der Waals surface area contributed by atoms with Crippen molar-refractivity contribution in [2.75, 3.05) is 0 Å². The molecule has 0 aliphatic carbocycles. The van der Waals surface area contributed by atoms with E-state index in [1.165, 1.54) is 0 Å². The van der Waals surface area contributed by atoms with Gasteiger partial charge in [0.05, 0.1) is 6.10 Å². The Bertz CT molecular complexity index is 334. The first-order chi connectivity index (χ1) is 7.25. The number of esters is 1. The second-order valence-electron chi connectivity index (χ2n) is 3.82. The number of hydrogen-bond donors (Lipinski definition) is 1. The fraction of sp³-hybridized carbons (Fsp3) is 0.417. The van der Waals surface area contributed by atoms with Crippen LogP contribution in [0.1, 0.15) is 18.4 Å². The number of hydrogen-bond acceptors (Lipinski definition) is 3. The van der Waals surface area contributed by atoms with Gasteiger partial charge in [-0.05, 0) is 12.0 Å². The minimum Gasteiger partial charge on any atom is -0.460 e. The van der Waals surface area contributed by atoms with E-state index in [1.54, 1.807) is 0 Å². The van der Waals surface area contributed by atoms with Crippen LogP contribution in [0.3, 0.4) is 0 Å². The van der Waals surface area contributed by atoms with Crippen LogP contribution < -0.4 is 0 Å². The Hall–Kier alpha value is -1.35. The molecule has 1 heterocycles. The number of aliphatic hydroxyl groups is 1. The molecule has 15 heavy (non-hydrogen) atoms. The predicted molar refractivity (Wildman–Crippen MR) is 55.3 cm³/mol. The molecule has 2 atom stereocenters. The lowest BCUT2D eigenvalue weighted by atomic mass is 10.0. The molecule has 0 spiro atoms. The van der Waals surface area contributed by atoms with Crippen molar-refractivity contribution in [3.8, 4) is 0 Å². The minimum atomic E-state index is -0.584. The fourth-order valence-corrected chi connectivity index (χ4v) is 1.80. The Morgan fingerprint density at radius 1 is 1.40 bits per heavy atom. The Morgan fingerprint density at radius 3 is 2.73 bits per heavy atom. The molecule has 1 N–H and O–H groups in total. The fourth-order valence-electron chi connectivity index (χ4n) is 1.80. The molecule has 1 saturated heterocycles. The zero-order valence-electron chi connectivity index (χ0n) is 8.43. The lowest BCUT2D eigenvalue weighted by Crippen LogP contribution is -2.27. The monoisotopic (exact) mass is 206 g/mol. The van der Waals surface area contributed by atoms with Gasteiger partial charge in [0.25, 0.3) is 0 Å². The van der Waals surface area contributed by atoms with Crippen molar-refractivity contribution in [1.82, 2.24) is 0 Å². The Morgan fingerprint density at radius 2 is 2.13 bits per heavy atom. The molecular formula is C12H14O3. The number of cyclic esters (lactones) is 1. The van der Waals surface area contributed by atoms with Gasteiger partial charge in [-0.3, -0.25) is 4.79 Å². The van der Waals surface area contributed by atoms with Gasteiger partial charge < -0.3 is 9.84 Å². The van der Waals surface area contributed by atoms with E-state index in [0.29, 0.717) is 19.3 Å². The summed E-state index contributed by atoms with van der Waals surface area (Å²) in [6.07, 6.45) is 0.693. The van der Waals surface area contributed by atoms with Crippen LogP contribution in [0.5, 0.6) is 0 Å². The van der Waals surface area contributed by atoms with Crippen LogP contribution in [-0.2, 0) is 16.0 Å². The summed E-state index contributed by atoms with van der Waals surface area (Å²) in [7, 11) is 0. The third kappa shape index (κ3) is 2.57. The van der Waals surface area contributed by atoms with Gasteiger partial charge >= 0.3 is 5.97 Å². The van der Waals surface area contributed by atoms with Crippen molar-refractivity contribution in [3.63, 3.8) is 0 Å². The summed E-state index contributed by atoms with van der Waals surface area (Å²) in [6, 6.07) is 9.72. The first kappa shape index (κ1) is 10.2. The van der Waals surface area contributed by atoms with E-state index < -0.39 is 6.10 Å². The molecule has 1 aromatic rings. The third-order valence-corrected chi connectivity index (χ3v) is 2.63. The smallest absolute Gasteiger partial charge is 0.306 e. The number of carbonyl (C=O) groups is 1. The van der Waals surface area contributed by atoms with Gasteiger partial charge in [0.15, 0.2) is 0 Å². The first-order valence-corrected chi connectivity index (χ1v) is 5.17. The lowest BCUT2D eigenvalue weighted by molar-refractivity contribution is -0.145. The lowest BCUT2D eigenvalue weighted by Gasteiger charge is -2.16. The van der Waals surface area contributed by atoms with Crippen LogP contribution >= 0.6 is 0 Å². The Labute approximate surface area is 88.7 Å². The molecule has 1 aliphatic rings. The number of benzene rings is 1. The van der Waals surface area contributed by atoms with Gasteiger partial charge in [0, 0.05) is 12.8 Å². The summed E-state index contributed by atoms with van der Waals surface area (Å²) in [5.74, 6) is -0.202. The summed E-state index contributed by atoms with van der Waals surface area (Å²) >= 11 is 0. The summed E-state index contributed by atoms with van der Waals surface area (Å²) in [5, 5.41) is 9.84. The van der Waals surface area contributed by atoms with E-state index in [1.807, 2.05) is 30.3 Å². The van der Waals surface area contributed by atoms with E-state index in [4.69, 9.17) is 4.74 Å². The zero-order valence-corrected chi connectivity index (χ0v) is 8.43. The van der Waals surface area contributed by atoms with Gasteiger partial charge in [-0.25, -0.2) is 0 Å². The van der Waals surface area contributed by atoms with Crippen LogP contribution in [0.15, 0.2) is 30.3 Å². The zero-order chi connectivity index (χ0) is 10.7. The molecule has 0 amide bonds.